The molecule has 0 unspecified atom stereocenters. The molecule has 100 valence electrons. The number of benzene rings is 1. The van der Waals surface area contributed by atoms with E-state index in [4.69, 9.17) is 13.3 Å². The van der Waals surface area contributed by atoms with E-state index >= 15 is 0 Å². The summed E-state index contributed by atoms with van der Waals surface area (Å²) in [5, 5.41) is 0.995. The second-order valence-electron chi connectivity index (χ2n) is 4.03. The van der Waals surface area contributed by atoms with Crippen molar-refractivity contribution in [3.8, 4) is 0 Å². The van der Waals surface area contributed by atoms with Gasteiger partial charge in [0.1, 0.15) is 0 Å². The Labute approximate surface area is 111 Å². The van der Waals surface area contributed by atoms with Gasteiger partial charge in [-0.1, -0.05) is 42.5 Å². The van der Waals surface area contributed by atoms with Crippen LogP contribution in [-0.2, 0) is 13.3 Å². The van der Waals surface area contributed by atoms with E-state index in [9.17, 15) is 0 Å². The normalized spacial score (nSPS) is 11.5. The topological polar surface area (TPSA) is 27.7 Å². The average Bonchev–Trinajstić information content (AvgIpc) is 2.37. The lowest BCUT2D eigenvalue weighted by Gasteiger charge is -2.29. The molecule has 0 bridgehead atoms. The molecular weight excluding hydrogens is 244 g/mol. The Morgan fingerprint density at radius 3 is 2.06 bits per heavy atom. The Bertz CT molecular complexity index is 359. The van der Waals surface area contributed by atoms with Gasteiger partial charge in [0, 0.05) is 18.4 Å². The molecule has 0 fully saturated rings. The van der Waals surface area contributed by atoms with Crippen LogP contribution in [0.25, 0.3) is 0 Å². The van der Waals surface area contributed by atoms with E-state index in [1.54, 1.807) is 0 Å². The fourth-order valence-electron chi connectivity index (χ4n) is 1.62. The zero-order valence-corrected chi connectivity index (χ0v) is 12.4. The van der Waals surface area contributed by atoms with Crippen LogP contribution in [0.5, 0.6) is 0 Å². The lowest BCUT2D eigenvalue weighted by Crippen LogP contribution is -2.57. The molecule has 18 heavy (non-hydrogen) atoms. The summed E-state index contributed by atoms with van der Waals surface area (Å²) in [6.07, 6.45) is 0. The standard InChI is InChI=1S/C14H22O3Si/c1-5-15-18(16-6-2,17-12-13(3)4)14-10-8-7-9-11-14/h7-11H,3,5-6,12H2,1-2,4H3. The summed E-state index contributed by atoms with van der Waals surface area (Å²) in [6, 6.07) is 9.91. The number of hydrogen-bond acceptors (Lipinski definition) is 3. The molecule has 4 heteroatoms. The summed E-state index contributed by atoms with van der Waals surface area (Å²) in [7, 11) is -2.80. The summed E-state index contributed by atoms with van der Waals surface area (Å²) in [6.45, 7) is 11.3. The lowest BCUT2D eigenvalue weighted by molar-refractivity contribution is 0.0888. The fraction of sp³-hybridized carbons (Fsp3) is 0.429. The van der Waals surface area contributed by atoms with Crippen LogP contribution in [0, 0.1) is 0 Å². The molecule has 0 heterocycles. The van der Waals surface area contributed by atoms with Gasteiger partial charge >= 0.3 is 8.80 Å². The fourth-order valence-corrected chi connectivity index (χ4v) is 4.16. The summed E-state index contributed by atoms with van der Waals surface area (Å²) in [5.41, 5.74) is 0.960. The molecule has 0 amide bonds. The van der Waals surface area contributed by atoms with E-state index in [0.29, 0.717) is 19.8 Å². The van der Waals surface area contributed by atoms with Gasteiger partial charge in [-0.15, -0.1) is 0 Å². The van der Waals surface area contributed by atoms with Gasteiger partial charge in [-0.25, -0.2) is 0 Å². The van der Waals surface area contributed by atoms with Gasteiger partial charge in [-0.2, -0.15) is 0 Å². The van der Waals surface area contributed by atoms with Crippen molar-refractivity contribution in [2.24, 2.45) is 0 Å². The first kappa shape index (κ1) is 15.1. The molecule has 1 rings (SSSR count). The third-order valence-corrected chi connectivity index (χ3v) is 5.21. The van der Waals surface area contributed by atoms with E-state index in [1.807, 2.05) is 51.1 Å². The van der Waals surface area contributed by atoms with Crippen molar-refractivity contribution >= 4 is 14.0 Å². The SMILES string of the molecule is C=C(C)CO[Si](OCC)(OCC)c1ccccc1. The lowest BCUT2D eigenvalue weighted by atomic mass is 10.4. The minimum atomic E-state index is -2.80. The zero-order valence-electron chi connectivity index (χ0n) is 11.4. The third-order valence-electron chi connectivity index (χ3n) is 2.30. The molecule has 0 spiro atoms. The smallest absolute Gasteiger partial charge is 0.370 e. The van der Waals surface area contributed by atoms with Crippen LogP contribution in [0.1, 0.15) is 20.8 Å². The molecule has 0 atom stereocenters. The molecule has 0 saturated heterocycles. The first-order chi connectivity index (χ1) is 8.64. The van der Waals surface area contributed by atoms with Crippen LogP contribution in [0.4, 0.5) is 0 Å². The van der Waals surface area contributed by atoms with Crippen LogP contribution < -0.4 is 5.19 Å². The van der Waals surface area contributed by atoms with Crippen molar-refractivity contribution in [1.82, 2.24) is 0 Å². The molecule has 0 aromatic heterocycles. The maximum Gasteiger partial charge on any atom is 0.537 e. The van der Waals surface area contributed by atoms with Gasteiger partial charge in [-0.3, -0.25) is 0 Å². The second-order valence-corrected chi connectivity index (χ2v) is 6.59. The average molecular weight is 266 g/mol. The van der Waals surface area contributed by atoms with Crippen molar-refractivity contribution in [3.63, 3.8) is 0 Å². The van der Waals surface area contributed by atoms with Crippen LogP contribution in [0.3, 0.4) is 0 Å². The van der Waals surface area contributed by atoms with Crippen molar-refractivity contribution in [2.75, 3.05) is 19.8 Å². The van der Waals surface area contributed by atoms with Crippen LogP contribution in [0.2, 0.25) is 0 Å². The van der Waals surface area contributed by atoms with E-state index in [2.05, 4.69) is 6.58 Å². The molecule has 0 radical (unpaired) electrons. The highest BCUT2D eigenvalue weighted by atomic mass is 28.4. The first-order valence-electron chi connectivity index (χ1n) is 6.26. The van der Waals surface area contributed by atoms with E-state index in [0.717, 1.165) is 10.8 Å². The van der Waals surface area contributed by atoms with Gasteiger partial charge in [0.25, 0.3) is 0 Å². The van der Waals surface area contributed by atoms with Crippen molar-refractivity contribution in [1.29, 1.82) is 0 Å². The quantitative estimate of drug-likeness (QED) is 0.534. The number of rotatable bonds is 8. The summed E-state index contributed by atoms with van der Waals surface area (Å²) in [5.74, 6) is 0. The van der Waals surface area contributed by atoms with Crippen molar-refractivity contribution in [2.45, 2.75) is 20.8 Å². The predicted molar refractivity (Wildman–Crippen MR) is 75.8 cm³/mol. The highest BCUT2D eigenvalue weighted by molar-refractivity contribution is 6.75. The van der Waals surface area contributed by atoms with Crippen LogP contribution in [0.15, 0.2) is 42.5 Å². The Balaban J connectivity index is 2.99. The van der Waals surface area contributed by atoms with E-state index in [1.165, 1.54) is 0 Å². The number of hydrogen-bond donors (Lipinski definition) is 0. The van der Waals surface area contributed by atoms with Gasteiger partial charge in [-0.05, 0) is 20.8 Å². The Morgan fingerprint density at radius 1 is 1.06 bits per heavy atom. The highest BCUT2D eigenvalue weighted by Gasteiger charge is 2.43. The third kappa shape index (κ3) is 4.06. The van der Waals surface area contributed by atoms with Gasteiger partial charge in [0.05, 0.1) is 6.61 Å². The molecule has 0 aliphatic heterocycles. The van der Waals surface area contributed by atoms with Gasteiger partial charge < -0.3 is 13.3 Å². The minimum absolute atomic E-state index is 0.459. The van der Waals surface area contributed by atoms with E-state index in [-0.39, 0.29) is 0 Å². The largest absolute Gasteiger partial charge is 0.537 e. The van der Waals surface area contributed by atoms with Crippen molar-refractivity contribution in [3.05, 3.63) is 42.5 Å². The van der Waals surface area contributed by atoms with Gasteiger partial charge in [0.15, 0.2) is 0 Å². The predicted octanol–water partition coefficient (Wildman–Crippen LogP) is 2.50. The molecule has 1 aromatic carbocycles. The molecular formula is C14H22O3Si. The Hall–Kier alpha value is -0.943. The maximum atomic E-state index is 5.95. The molecule has 1 aromatic rings. The molecule has 0 saturated carbocycles. The zero-order chi connectivity index (χ0) is 13.4. The molecule has 0 N–H and O–H groups in total. The molecule has 3 nitrogen and oxygen atoms in total. The minimum Gasteiger partial charge on any atom is -0.370 e. The summed E-state index contributed by atoms with van der Waals surface area (Å²) in [4.78, 5) is 0. The van der Waals surface area contributed by atoms with Gasteiger partial charge in [0.2, 0.25) is 0 Å². The maximum absolute atomic E-state index is 5.95. The monoisotopic (exact) mass is 266 g/mol. The Morgan fingerprint density at radius 2 is 1.61 bits per heavy atom. The van der Waals surface area contributed by atoms with Crippen molar-refractivity contribution < 1.29 is 13.3 Å². The van der Waals surface area contributed by atoms with Crippen LogP contribution >= 0.6 is 0 Å². The highest BCUT2D eigenvalue weighted by Crippen LogP contribution is 2.12. The van der Waals surface area contributed by atoms with E-state index < -0.39 is 8.80 Å². The summed E-state index contributed by atoms with van der Waals surface area (Å²) < 4.78 is 17.7. The van der Waals surface area contributed by atoms with Crippen LogP contribution in [-0.4, -0.2) is 28.6 Å². The first-order valence-corrected chi connectivity index (χ1v) is 7.99. The summed E-state index contributed by atoms with van der Waals surface area (Å²) >= 11 is 0. The second kappa shape index (κ2) is 7.48. The molecule has 0 aliphatic rings. The Kier molecular flexibility index (Phi) is 6.28. The molecule has 0 aliphatic carbocycles.